The summed E-state index contributed by atoms with van der Waals surface area (Å²) in [5.74, 6) is 2.38. The molecule has 260 valence electrons. The van der Waals surface area contributed by atoms with E-state index in [1.807, 2.05) is 12.1 Å². The SMILES string of the molecule is CCCC1=C2OC(=O)C3=C2C(CC1)CC1C2CCC4(C5=CCC(C)CSSCNc6cc(ccn6)C(CN6C(=O)C=CC6=O)C2=C4C(=O)O5)C31. The number of allylic oxidation sites excluding steroid dienone is 4. The van der Waals surface area contributed by atoms with Crippen molar-refractivity contribution in [1.29, 1.82) is 0 Å². The summed E-state index contributed by atoms with van der Waals surface area (Å²) in [5.41, 5.74) is 4.78. The number of nitrogens with one attached hydrogen (secondary N) is 1. The highest BCUT2D eigenvalue weighted by Gasteiger charge is 2.70. The number of nitrogens with zero attached hydrogens (tertiary/aromatic N) is 2. The lowest BCUT2D eigenvalue weighted by Gasteiger charge is -2.58. The molecule has 7 atom stereocenters. The van der Waals surface area contributed by atoms with Gasteiger partial charge in [-0.1, -0.05) is 41.9 Å². The Morgan fingerprint density at radius 3 is 2.72 bits per heavy atom. The van der Waals surface area contributed by atoms with Crippen molar-refractivity contribution < 1.29 is 28.7 Å². The van der Waals surface area contributed by atoms with Crippen LogP contribution in [0.2, 0.25) is 0 Å². The van der Waals surface area contributed by atoms with Crippen LogP contribution in [0.25, 0.3) is 0 Å². The summed E-state index contributed by atoms with van der Waals surface area (Å²) in [5, 5.41) is 3.45. The topological polar surface area (TPSA) is 115 Å². The number of carbonyl (C=O) groups excluding carboxylic acids is 4. The third-order valence-corrected chi connectivity index (χ3v) is 14.9. The van der Waals surface area contributed by atoms with Gasteiger partial charge in [-0.2, -0.15) is 0 Å². The van der Waals surface area contributed by atoms with Gasteiger partial charge in [-0.05, 0) is 104 Å². The molecule has 9 nitrogen and oxygen atoms in total. The maximum atomic E-state index is 14.5. The molecule has 0 radical (unpaired) electrons. The second kappa shape index (κ2) is 12.3. The van der Waals surface area contributed by atoms with E-state index in [9.17, 15) is 19.2 Å². The van der Waals surface area contributed by atoms with Gasteiger partial charge in [-0.3, -0.25) is 14.5 Å². The molecule has 1 spiro atoms. The molecule has 1 N–H and O–H groups in total. The van der Waals surface area contributed by atoms with Crippen LogP contribution in [0.1, 0.15) is 76.7 Å². The number of fused-ring (bicyclic) bond motifs is 3. The molecule has 50 heavy (non-hydrogen) atoms. The molecular weight excluding hydrogens is 671 g/mol. The van der Waals surface area contributed by atoms with Crippen molar-refractivity contribution in [2.45, 2.75) is 71.1 Å². The van der Waals surface area contributed by atoms with Gasteiger partial charge >= 0.3 is 11.9 Å². The predicted molar refractivity (Wildman–Crippen MR) is 191 cm³/mol. The Morgan fingerprint density at radius 1 is 1.06 bits per heavy atom. The third kappa shape index (κ3) is 4.78. The molecule has 2 amide bonds. The van der Waals surface area contributed by atoms with E-state index < -0.39 is 11.3 Å². The zero-order valence-electron chi connectivity index (χ0n) is 28.4. The van der Waals surface area contributed by atoms with Gasteiger partial charge < -0.3 is 14.8 Å². The van der Waals surface area contributed by atoms with Crippen LogP contribution < -0.4 is 5.32 Å². The van der Waals surface area contributed by atoms with Crippen molar-refractivity contribution in [2.75, 3.05) is 23.5 Å². The molecule has 1 saturated heterocycles. The summed E-state index contributed by atoms with van der Waals surface area (Å²) in [6.07, 6.45) is 13.5. The van der Waals surface area contributed by atoms with Crippen LogP contribution in [0.15, 0.2) is 75.9 Å². The molecule has 11 heteroatoms. The van der Waals surface area contributed by atoms with E-state index in [-0.39, 0.29) is 54.0 Å². The minimum absolute atomic E-state index is 0.0317. The van der Waals surface area contributed by atoms with Crippen molar-refractivity contribution in [1.82, 2.24) is 9.88 Å². The Bertz CT molecular complexity index is 1880. The first-order valence-electron chi connectivity index (χ1n) is 18.1. The molecule has 1 aromatic heterocycles. The second-order valence-corrected chi connectivity index (χ2v) is 17.6. The van der Waals surface area contributed by atoms with Crippen LogP contribution in [-0.2, 0) is 28.7 Å². The largest absolute Gasteiger partial charge is 0.427 e. The van der Waals surface area contributed by atoms with E-state index in [1.165, 1.54) is 22.6 Å². The lowest BCUT2D eigenvalue weighted by atomic mass is 9.42. The number of pyridine rings is 1. The summed E-state index contributed by atoms with van der Waals surface area (Å²) in [6, 6.07) is 3.95. The highest BCUT2D eigenvalue weighted by Crippen LogP contribution is 2.73. The lowest BCUT2D eigenvalue weighted by molar-refractivity contribution is -0.137. The zero-order chi connectivity index (χ0) is 34.3. The highest BCUT2D eigenvalue weighted by atomic mass is 33.1. The lowest BCUT2D eigenvalue weighted by Crippen LogP contribution is -2.54. The molecule has 1 aromatic rings. The molecule has 1 saturated carbocycles. The van der Waals surface area contributed by atoms with E-state index in [0.29, 0.717) is 35.4 Å². The average molecular weight is 712 g/mol. The van der Waals surface area contributed by atoms with Crippen molar-refractivity contribution >= 4 is 51.2 Å². The second-order valence-electron chi connectivity index (χ2n) is 15.1. The van der Waals surface area contributed by atoms with Crippen LogP contribution in [0.3, 0.4) is 0 Å². The van der Waals surface area contributed by atoms with Gasteiger partial charge in [0.05, 0.1) is 16.9 Å². The monoisotopic (exact) mass is 711 g/mol. The Hall–Kier alpha value is -3.57. The standard InChI is InChI=1S/C39H41N3O6S2/c1-3-4-21-6-7-23-15-25-24-11-13-39(34(25)33-31(23)36(21)48-37(33)45)27-8-5-20(2)18-49-50-19-41-28-16-22(12-14-40-28)26(32(24)35(39)38(46)47-27)17-42-29(43)9-10-30(42)44/h8-10,12,14,16,20,23-26,34H,3-7,11,13,15,17-19H2,1-2H3,(H,40,41). The maximum absolute atomic E-state index is 14.5. The van der Waals surface area contributed by atoms with Gasteiger partial charge in [0.1, 0.15) is 17.3 Å². The Kier molecular flexibility index (Phi) is 7.95. The predicted octanol–water partition coefficient (Wildman–Crippen LogP) is 6.98. The number of esters is 2. The molecule has 2 fully saturated rings. The summed E-state index contributed by atoms with van der Waals surface area (Å²) in [6.45, 7) is 4.49. The minimum Gasteiger partial charge on any atom is -0.427 e. The Morgan fingerprint density at radius 2 is 1.90 bits per heavy atom. The summed E-state index contributed by atoms with van der Waals surface area (Å²) < 4.78 is 12.6. The minimum atomic E-state index is -0.821. The number of hydrogen-bond donors (Lipinski definition) is 1. The molecule has 7 bridgehead atoms. The number of ether oxygens (including phenoxy) is 2. The Balaban J connectivity index is 1.29. The van der Waals surface area contributed by atoms with Gasteiger partial charge in [0.15, 0.2) is 0 Å². The van der Waals surface area contributed by atoms with Crippen LogP contribution >= 0.6 is 21.6 Å². The van der Waals surface area contributed by atoms with Gasteiger partial charge in [0.25, 0.3) is 11.8 Å². The number of rotatable bonds is 4. The zero-order valence-corrected chi connectivity index (χ0v) is 30.0. The highest BCUT2D eigenvalue weighted by molar-refractivity contribution is 8.76. The number of imide groups is 1. The number of hydrogen-bond acceptors (Lipinski definition) is 10. The van der Waals surface area contributed by atoms with Gasteiger partial charge in [0.2, 0.25) is 0 Å². The molecule has 4 aliphatic heterocycles. The number of amides is 2. The first-order valence-corrected chi connectivity index (χ1v) is 20.6. The Labute approximate surface area is 299 Å². The summed E-state index contributed by atoms with van der Waals surface area (Å²) >= 11 is 0. The quantitative estimate of drug-likeness (QED) is 0.199. The smallest absolute Gasteiger partial charge is 0.340 e. The fourth-order valence-electron chi connectivity index (χ4n) is 10.6. The van der Waals surface area contributed by atoms with Crippen molar-refractivity contribution in [2.24, 2.45) is 35.0 Å². The van der Waals surface area contributed by atoms with E-state index in [1.54, 1.807) is 27.8 Å². The number of carbonyl (C=O) groups is 4. The van der Waals surface area contributed by atoms with E-state index in [0.717, 1.165) is 78.7 Å². The normalized spacial score (nSPS) is 34.5. The van der Waals surface area contributed by atoms with Gasteiger partial charge in [-0.25, -0.2) is 14.6 Å². The third-order valence-electron chi connectivity index (χ3n) is 12.5. The van der Waals surface area contributed by atoms with E-state index >= 15 is 0 Å². The van der Waals surface area contributed by atoms with Crippen LogP contribution in [-0.4, -0.2) is 51.8 Å². The molecule has 5 heterocycles. The average Bonchev–Trinajstić information content (AvgIpc) is 3.74. The molecule has 5 aliphatic carbocycles. The number of aromatic nitrogens is 1. The van der Waals surface area contributed by atoms with Crippen molar-refractivity contribution in [3.8, 4) is 0 Å². The van der Waals surface area contributed by atoms with E-state index in [4.69, 9.17) is 9.47 Å². The fourth-order valence-corrected chi connectivity index (χ4v) is 12.7. The van der Waals surface area contributed by atoms with Crippen LogP contribution in [0, 0.1) is 35.0 Å². The van der Waals surface area contributed by atoms with E-state index in [2.05, 4.69) is 30.2 Å². The van der Waals surface area contributed by atoms with Crippen molar-refractivity contribution in [3.63, 3.8) is 0 Å². The van der Waals surface area contributed by atoms with Crippen LogP contribution in [0.5, 0.6) is 0 Å². The molecular formula is C39H41N3O6S2. The fraction of sp³-hybridized carbons (Fsp3) is 0.513. The first-order chi connectivity index (χ1) is 24.3. The van der Waals surface area contributed by atoms with Crippen molar-refractivity contribution in [3.05, 3.63) is 81.5 Å². The molecule has 9 aliphatic rings. The summed E-state index contributed by atoms with van der Waals surface area (Å²) in [7, 11) is 3.53. The first kappa shape index (κ1) is 32.3. The summed E-state index contributed by atoms with van der Waals surface area (Å²) in [4.78, 5) is 60.8. The molecule has 0 aromatic carbocycles. The van der Waals surface area contributed by atoms with Crippen LogP contribution in [0.4, 0.5) is 5.82 Å². The molecule has 10 rings (SSSR count). The number of anilines is 1. The van der Waals surface area contributed by atoms with Gasteiger partial charge in [-0.15, -0.1) is 0 Å². The maximum Gasteiger partial charge on any atom is 0.340 e. The molecule has 7 unspecified atom stereocenters. The van der Waals surface area contributed by atoms with Gasteiger partial charge in [0, 0.05) is 53.6 Å².